The van der Waals surface area contributed by atoms with Gasteiger partial charge in [-0.1, -0.05) is 29.8 Å². The van der Waals surface area contributed by atoms with Crippen molar-refractivity contribution in [1.82, 2.24) is 0 Å². The normalized spacial score (nSPS) is 11.8. The third kappa shape index (κ3) is 5.88. The van der Waals surface area contributed by atoms with Crippen LogP contribution in [0.15, 0.2) is 72.8 Å². The predicted octanol–water partition coefficient (Wildman–Crippen LogP) is 5.23. The van der Waals surface area contributed by atoms with E-state index in [0.29, 0.717) is 5.69 Å². The largest absolute Gasteiger partial charge is 0.416 e. The second-order valence-electron chi connectivity index (χ2n) is 7.33. The molecular formula is C23H21F3N2O3S. The van der Waals surface area contributed by atoms with Crippen molar-refractivity contribution in [1.29, 1.82) is 0 Å². The zero-order valence-corrected chi connectivity index (χ0v) is 18.2. The summed E-state index contributed by atoms with van der Waals surface area (Å²) in [5, 5.41) is 2.52. The number of alkyl halides is 3. The minimum Gasteiger partial charge on any atom is -0.322 e. The molecule has 0 saturated carbocycles. The standard InChI is InChI=1S/C23H21F3N2O3S/c1-16-3-5-17(6-4-16)15-28(32(2,30)31)21-13-7-18(8-14-21)22(29)27-20-11-9-19(10-12-20)23(24,25)26/h3-14H,15H2,1-2H3,(H,27,29). The molecule has 1 N–H and O–H groups in total. The molecule has 5 nitrogen and oxygen atoms in total. The first-order valence-electron chi connectivity index (χ1n) is 9.55. The van der Waals surface area contributed by atoms with Crippen LogP contribution in [0.3, 0.4) is 0 Å². The molecular weight excluding hydrogens is 441 g/mol. The molecule has 0 fully saturated rings. The van der Waals surface area contributed by atoms with Crippen LogP contribution >= 0.6 is 0 Å². The van der Waals surface area contributed by atoms with Gasteiger partial charge in [0.25, 0.3) is 5.91 Å². The number of hydrogen-bond donors (Lipinski definition) is 1. The molecule has 0 spiro atoms. The van der Waals surface area contributed by atoms with Crippen molar-refractivity contribution >= 4 is 27.3 Å². The highest BCUT2D eigenvalue weighted by Gasteiger charge is 2.30. The number of hydrogen-bond acceptors (Lipinski definition) is 3. The van der Waals surface area contributed by atoms with Gasteiger partial charge >= 0.3 is 6.18 Å². The Hall–Kier alpha value is -3.33. The van der Waals surface area contributed by atoms with E-state index in [-0.39, 0.29) is 17.8 Å². The molecule has 3 aromatic rings. The van der Waals surface area contributed by atoms with E-state index in [1.54, 1.807) is 0 Å². The SMILES string of the molecule is Cc1ccc(CN(c2ccc(C(=O)Nc3ccc(C(F)(F)F)cc3)cc2)S(C)(=O)=O)cc1. The number of amides is 1. The van der Waals surface area contributed by atoms with Gasteiger partial charge in [-0.05, 0) is 61.0 Å². The molecule has 0 aliphatic carbocycles. The molecule has 168 valence electrons. The summed E-state index contributed by atoms with van der Waals surface area (Å²) in [6, 6.07) is 17.5. The number of rotatable bonds is 6. The second kappa shape index (κ2) is 9.04. The van der Waals surface area contributed by atoms with Gasteiger partial charge in [-0.2, -0.15) is 13.2 Å². The molecule has 0 unspecified atom stereocenters. The maximum absolute atomic E-state index is 12.7. The molecule has 0 radical (unpaired) electrons. The minimum absolute atomic E-state index is 0.135. The lowest BCUT2D eigenvalue weighted by Gasteiger charge is -2.23. The molecule has 3 aromatic carbocycles. The Morgan fingerprint density at radius 2 is 1.47 bits per heavy atom. The first kappa shape index (κ1) is 23.3. The van der Waals surface area contributed by atoms with E-state index in [1.807, 2.05) is 31.2 Å². The molecule has 0 bridgehead atoms. The van der Waals surface area contributed by atoms with Crippen LogP contribution in [0.25, 0.3) is 0 Å². The van der Waals surface area contributed by atoms with Crippen molar-refractivity contribution in [3.8, 4) is 0 Å². The van der Waals surface area contributed by atoms with Crippen molar-refractivity contribution in [2.75, 3.05) is 15.9 Å². The summed E-state index contributed by atoms with van der Waals surface area (Å²) >= 11 is 0. The van der Waals surface area contributed by atoms with Crippen LogP contribution in [0.5, 0.6) is 0 Å². The van der Waals surface area contributed by atoms with Crippen LogP contribution in [0.2, 0.25) is 0 Å². The van der Waals surface area contributed by atoms with Crippen LogP contribution in [-0.4, -0.2) is 20.6 Å². The van der Waals surface area contributed by atoms with E-state index in [4.69, 9.17) is 0 Å². The summed E-state index contributed by atoms with van der Waals surface area (Å²) in [7, 11) is -3.58. The minimum atomic E-state index is -4.46. The average Bonchev–Trinajstić information content (AvgIpc) is 2.72. The molecule has 1 amide bonds. The van der Waals surface area contributed by atoms with Crippen molar-refractivity contribution in [3.05, 3.63) is 95.1 Å². The highest BCUT2D eigenvalue weighted by atomic mass is 32.2. The van der Waals surface area contributed by atoms with Gasteiger partial charge in [0.15, 0.2) is 0 Å². The third-order valence-corrected chi connectivity index (χ3v) is 5.88. The fourth-order valence-electron chi connectivity index (χ4n) is 2.98. The van der Waals surface area contributed by atoms with Crippen LogP contribution < -0.4 is 9.62 Å². The number of anilines is 2. The highest BCUT2D eigenvalue weighted by molar-refractivity contribution is 7.92. The van der Waals surface area contributed by atoms with E-state index in [0.717, 1.165) is 29.5 Å². The molecule has 0 aliphatic heterocycles. The van der Waals surface area contributed by atoms with Crippen molar-refractivity contribution in [2.45, 2.75) is 19.6 Å². The second-order valence-corrected chi connectivity index (χ2v) is 9.24. The van der Waals surface area contributed by atoms with Gasteiger partial charge in [0.05, 0.1) is 24.1 Å². The zero-order valence-electron chi connectivity index (χ0n) is 17.3. The first-order valence-corrected chi connectivity index (χ1v) is 11.4. The summed E-state index contributed by atoms with van der Waals surface area (Å²) in [6.45, 7) is 2.07. The molecule has 3 rings (SSSR count). The predicted molar refractivity (Wildman–Crippen MR) is 118 cm³/mol. The van der Waals surface area contributed by atoms with Gasteiger partial charge in [-0.25, -0.2) is 8.42 Å². The van der Waals surface area contributed by atoms with Gasteiger partial charge in [-0.15, -0.1) is 0 Å². The Labute approximate surface area is 184 Å². The number of nitrogens with one attached hydrogen (secondary N) is 1. The summed E-state index contributed by atoms with van der Waals surface area (Å²) < 4.78 is 63.9. The Morgan fingerprint density at radius 1 is 0.906 bits per heavy atom. The molecule has 0 heterocycles. The number of benzene rings is 3. The van der Waals surface area contributed by atoms with Crippen LogP contribution in [0.4, 0.5) is 24.5 Å². The van der Waals surface area contributed by atoms with Crippen molar-refractivity contribution in [3.63, 3.8) is 0 Å². The molecule has 0 saturated heterocycles. The fraction of sp³-hybridized carbons (Fsp3) is 0.174. The molecule has 0 aromatic heterocycles. The van der Waals surface area contributed by atoms with Gasteiger partial charge in [0.2, 0.25) is 10.0 Å². The molecule has 0 atom stereocenters. The molecule has 9 heteroatoms. The van der Waals surface area contributed by atoms with Crippen LogP contribution in [-0.2, 0) is 22.7 Å². The Kier molecular flexibility index (Phi) is 6.59. The van der Waals surface area contributed by atoms with Gasteiger partial charge < -0.3 is 5.32 Å². The number of carbonyl (C=O) groups is 1. The van der Waals surface area contributed by atoms with Crippen molar-refractivity contribution < 1.29 is 26.4 Å². The number of sulfonamides is 1. The number of aryl methyl sites for hydroxylation is 1. The van der Waals surface area contributed by atoms with E-state index >= 15 is 0 Å². The van der Waals surface area contributed by atoms with Crippen molar-refractivity contribution in [2.24, 2.45) is 0 Å². The number of halogens is 3. The summed E-state index contributed by atoms with van der Waals surface area (Å²) in [6.07, 6.45) is -3.35. The lowest BCUT2D eigenvalue weighted by Crippen LogP contribution is -2.29. The lowest BCUT2D eigenvalue weighted by molar-refractivity contribution is -0.137. The van der Waals surface area contributed by atoms with E-state index in [1.165, 1.54) is 40.7 Å². The summed E-state index contributed by atoms with van der Waals surface area (Å²) in [5.41, 5.74) is 1.89. The Balaban J connectivity index is 1.75. The number of carbonyl (C=O) groups excluding carboxylic acids is 1. The highest BCUT2D eigenvalue weighted by Crippen LogP contribution is 2.30. The summed E-state index contributed by atoms with van der Waals surface area (Å²) in [5.74, 6) is -0.527. The Morgan fingerprint density at radius 3 is 1.97 bits per heavy atom. The van der Waals surface area contributed by atoms with Gasteiger partial charge in [0.1, 0.15) is 0 Å². The van der Waals surface area contributed by atoms with Crippen LogP contribution in [0, 0.1) is 6.92 Å². The maximum Gasteiger partial charge on any atom is 0.416 e. The molecule has 32 heavy (non-hydrogen) atoms. The number of nitrogens with zero attached hydrogens (tertiary/aromatic N) is 1. The third-order valence-electron chi connectivity index (χ3n) is 4.73. The fourth-order valence-corrected chi connectivity index (χ4v) is 3.87. The first-order chi connectivity index (χ1) is 14.9. The maximum atomic E-state index is 12.7. The van der Waals surface area contributed by atoms with Gasteiger partial charge in [-0.3, -0.25) is 9.10 Å². The average molecular weight is 462 g/mol. The topological polar surface area (TPSA) is 66.5 Å². The van der Waals surface area contributed by atoms with Crippen LogP contribution in [0.1, 0.15) is 27.0 Å². The smallest absolute Gasteiger partial charge is 0.322 e. The Bertz CT molecular complexity index is 1190. The van der Waals surface area contributed by atoms with E-state index in [2.05, 4.69) is 5.32 Å². The van der Waals surface area contributed by atoms with Gasteiger partial charge in [0, 0.05) is 11.3 Å². The van der Waals surface area contributed by atoms with E-state index in [9.17, 15) is 26.4 Å². The molecule has 0 aliphatic rings. The lowest BCUT2D eigenvalue weighted by atomic mass is 10.1. The quantitative estimate of drug-likeness (QED) is 0.545. The summed E-state index contributed by atoms with van der Waals surface area (Å²) in [4.78, 5) is 12.4. The zero-order chi connectivity index (χ0) is 23.5. The monoisotopic (exact) mass is 462 g/mol. The van der Waals surface area contributed by atoms with E-state index < -0.39 is 27.7 Å².